The Morgan fingerprint density at radius 3 is 2.26 bits per heavy atom. The van der Waals surface area contributed by atoms with Gasteiger partial charge in [0.25, 0.3) is 15.9 Å². The van der Waals surface area contributed by atoms with Crippen LogP contribution in [-0.4, -0.2) is 33.9 Å². The Morgan fingerprint density at radius 1 is 0.914 bits per heavy atom. The van der Waals surface area contributed by atoms with E-state index in [0.29, 0.717) is 40.2 Å². The Labute approximate surface area is 205 Å². The Morgan fingerprint density at radius 2 is 1.57 bits per heavy atom. The molecule has 35 heavy (non-hydrogen) atoms. The molecule has 0 spiro atoms. The number of nitrogens with one attached hydrogen (secondary N) is 1. The van der Waals surface area contributed by atoms with Crippen LogP contribution in [0.3, 0.4) is 0 Å². The second-order valence-electron chi connectivity index (χ2n) is 8.08. The smallest absolute Gasteiger partial charge is 0.338 e. The number of carbonyl (C=O) groups excluding carboxylic acids is 2. The monoisotopic (exact) mass is 490 g/mol. The van der Waals surface area contributed by atoms with Crippen molar-refractivity contribution < 1.29 is 22.7 Å². The standard InChI is InChI=1S/C27H26N2O5S/c1-3-4-18-34-27(31)20-14-16-21(17-15-20)28-26(30)25-24(19-10-6-5-7-11-19)22-12-8-9-13-23(22)29(2)35(25,32)33/h5-17H,3-4,18H2,1-2H3,(H,28,30). The summed E-state index contributed by atoms with van der Waals surface area (Å²) in [5.74, 6) is -1.21. The van der Waals surface area contributed by atoms with E-state index in [2.05, 4.69) is 5.32 Å². The van der Waals surface area contributed by atoms with Crippen LogP contribution in [0.5, 0.6) is 0 Å². The summed E-state index contributed by atoms with van der Waals surface area (Å²) in [4.78, 5) is 25.2. The number of benzene rings is 3. The average molecular weight is 491 g/mol. The molecule has 0 saturated carbocycles. The predicted octanol–water partition coefficient (Wildman–Crippen LogP) is 4.82. The number of fused-ring (bicyclic) bond motifs is 1. The number of anilines is 2. The third-order valence-electron chi connectivity index (χ3n) is 5.74. The predicted molar refractivity (Wildman–Crippen MR) is 136 cm³/mol. The van der Waals surface area contributed by atoms with Crippen LogP contribution >= 0.6 is 0 Å². The van der Waals surface area contributed by atoms with Crippen LogP contribution in [-0.2, 0) is 19.6 Å². The topological polar surface area (TPSA) is 92.8 Å². The molecule has 3 aromatic rings. The molecule has 0 bridgehead atoms. The number of nitrogens with zero attached hydrogens (tertiary/aromatic N) is 1. The number of para-hydroxylation sites is 1. The average Bonchev–Trinajstić information content (AvgIpc) is 2.87. The van der Waals surface area contributed by atoms with Gasteiger partial charge in [0.05, 0.1) is 17.9 Å². The molecular formula is C27H26N2O5S. The molecule has 0 aliphatic carbocycles. The molecular weight excluding hydrogens is 464 g/mol. The summed E-state index contributed by atoms with van der Waals surface area (Å²) in [6, 6.07) is 22.2. The third kappa shape index (κ3) is 4.83. The van der Waals surface area contributed by atoms with Crippen LogP contribution < -0.4 is 9.62 Å². The number of amides is 1. The molecule has 0 aromatic heterocycles. The van der Waals surface area contributed by atoms with Crippen molar-refractivity contribution in [3.63, 3.8) is 0 Å². The van der Waals surface area contributed by atoms with E-state index in [9.17, 15) is 18.0 Å². The maximum Gasteiger partial charge on any atom is 0.338 e. The lowest BCUT2D eigenvalue weighted by molar-refractivity contribution is -0.112. The van der Waals surface area contributed by atoms with E-state index in [0.717, 1.165) is 17.1 Å². The fourth-order valence-corrected chi connectivity index (χ4v) is 5.33. The van der Waals surface area contributed by atoms with E-state index in [1.807, 2.05) is 13.0 Å². The molecule has 8 heteroatoms. The molecule has 1 heterocycles. The largest absolute Gasteiger partial charge is 0.462 e. The normalized spacial score (nSPS) is 14.3. The molecule has 1 amide bonds. The molecule has 1 aliphatic heterocycles. The van der Waals surface area contributed by atoms with E-state index in [1.54, 1.807) is 60.7 Å². The van der Waals surface area contributed by atoms with Crippen molar-refractivity contribution in [3.8, 4) is 0 Å². The zero-order valence-electron chi connectivity index (χ0n) is 19.5. The first-order valence-electron chi connectivity index (χ1n) is 11.3. The lowest BCUT2D eigenvalue weighted by Gasteiger charge is -2.30. The zero-order chi connectivity index (χ0) is 25.0. The molecule has 3 aromatic carbocycles. The van der Waals surface area contributed by atoms with Crippen molar-refractivity contribution >= 4 is 38.8 Å². The van der Waals surface area contributed by atoms with Gasteiger partial charge >= 0.3 is 5.97 Å². The van der Waals surface area contributed by atoms with Gasteiger partial charge in [-0.3, -0.25) is 9.10 Å². The summed E-state index contributed by atoms with van der Waals surface area (Å²) < 4.78 is 33.3. The molecule has 0 atom stereocenters. The number of sulfonamides is 1. The van der Waals surface area contributed by atoms with Crippen molar-refractivity contribution in [1.82, 2.24) is 0 Å². The zero-order valence-corrected chi connectivity index (χ0v) is 20.3. The second kappa shape index (κ2) is 10.1. The van der Waals surface area contributed by atoms with Gasteiger partial charge in [-0.25, -0.2) is 13.2 Å². The first-order valence-corrected chi connectivity index (χ1v) is 12.7. The summed E-state index contributed by atoms with van der Waals surface area (Å²) in [6.45, 7) is 2.35. The number of esters is 1. The van der Waals surface area contributed by atoms with Crippen LogP contribution in [0.2, 0.25) is 0 Å². The SMILES string of the molecule is CCCCOC(=O)c1ccc(NC(=O)C2=C(c3ccccc3)c3ccccc3N(C)S2(=O)=O)cc1. The summed E-state index contributed by atoms with van der Waals surface area (Å²) in [6.07, 6.45) is 1.70. The third-order valence-corrected chi connectivity index (χ3v) is 7.56. The molecule has 1 aliphatic rings. The van der Waals surface area contributed by atoms with Crippen molar-refractivity contribution in [2.75, 3.05) is 23.3 Å². The van der Waals surface area contributed by atoms with E-state index in [-0.39, 0.29) is 4.91 Å². The minimum absolute atomic E-state index is 0.340. The van der Waals surface area contributed by atoms with Gasteiger partial charge < -0.3 is 10.1 Å². The molecule has 180 valence electrons. The first-order chi connectivity index (χ1) is 16.8. The van der Waals surface area contributed by atoms with Gasteiger partial charge in [0.1, 0.15) is 0 Å². The Kier molecular flexibility index (Phi) is 7.02. The van der Waals surface area contributed by atoms with Crippen molar-refractivity contribution in [1.29, 1.82) is 0 Å². The molecule has 4 rings (SSSR count). The van der Waals surface area contributed by atoms with Gasteiger partial charge in [-0.15, -0.1) is 0 Å². The van der Waals surface area contributed by atoms with Crippen LogP contribution in [0.15, 0.2) is 83.8 Å². The maximum atomic E-state index is 13.5. The van der Waals surface area contributed by atoms with E-state index in [1.165, 1.54) is 19.2 Å². The van der Waals surface area contributed by atoms with Crippen LogP contribution in [0.25, 0.3) is 5.57 Å². The maximum absolute atomic E-state index is 13.5. The highest BCUT2D eigenvalue weighted by molar-refractivity contribution is 7.97. The number of rotatable bonds is 7. The number of carbonyl (C=O) groups is 2. The highest BCUT2D eigenvalue weighted by Gasteiger charge is 2.39. The van der Waals surface area contributed by atoms with Gasteiger partial charge in [0, 0.05) is 23.9 Å². The van der Waals surface area contributed by atoms with Gasteiger partial charge in [-0.1, -0.05) is 61.9 Å². The van der Waals surface area contributed by atoms with Crippen molar-refractivity contribution in [2.24, 2.45) is 0 Å². The van der Waals surface area contributed by atoms with Crippen LogP contribution in [0.1, 0.15) is 41.3 Å². The van der Waals surface area contributed by atoms with Gasteiger partial charge in [-0.2, -0.15) is 0 Å². The summed E-state index contributed by atoms with van der Waals surface area (Å²) in [5.41, 5.74) is 2.80. The Balaban J connectivity index is 1.71. The fourth-order valence-electron chi connectivity index (χ4n) is 3.87. The van der Waals surface area contributed by atoms with E-state index >= 15 is 0 Å². The highest BCUT2D eigenvalue weighted by atomic mass is 32.2. The number of hydrogen-bond acceptors (Lipinski definition) is 5. The molecule has 0 unspecified atom stereocenters. The van der Waals surface area contributed by atoms with E-state index in [4.69, 9.17) is 4.74 Å². The number of hydrogen-bond donors (Lipinski definition) is 1. The number of unbranched alkanes of at least 4 members (excludes halogenated alkanes) is 1. The lowest BCUT2D eigenvalue weighted by Crippen LogP contribution is -2.37. The van der Waals surface area contributed by atoms with Gasteiger partial charge in [0.15, 0.2) is 4.91 Å². The van der Waals surface area contributed by atoms with Gasteiger partial charge in [0.2, 0.25) is 0 Å². The quantitative estimate of drug-likeness (QED) is 0.379. The van der Waals surface area contributed by atoms with Gasteiger partial charge in [-0.05, 0) is 42.3 Å². The minimum atomic E-state index is -4.14. The first kappa shape index (κ1) is 24.2. The van der Waals surface area contributed by atoms with Crippen LogP contribution in [0, 0.1) is 0 Å². The van der Waals surface area contributed by atoms with E-state index < -0.39 is 21.9 Å². The summed E-state index contributed by atoms with van der Waals surface area (Å²) in [5, 5.41) is 2.68. The molecule has 7 nitrogen and oxygen atoms in total. The molecule has 0 saturated heterocycles. The summed E-state index contributed by atoms with van der Waals surface area (Å²) in [7, 11) is -2.71. The van der Waals surface area contributed by atoms with Crippen molar-refractivity contribution in [2.45, 2.75) is 19.8 Å². The Bertz CT molecular complexity index is 1380. The second-order valence-corrected chi connectivity index (χ2v) is 9.99. The Hall–Kier alpha value is -3.91. The minimum Gasteiger partial charge on any atom is -0.462 e. The number of ether oxygens (including phenoxy) is 1. The fraction of sp³-hybridized carbons (Fsp3) is 0.185. The highest BCUT2D eigenvalue weighted by Crippen LogP contribution is 2.42. The summed E-state index contributed by atoms with van der Waals surface area (Å²) >= 11 is 0. The lowest BCUT2D eigenvalue weighted by atomic mass is 9.95. The molecule has 0 radical (unpaired) electrons. The van der Waals surface area contributed by atoms with Crippen LogP contribution in [0.4, 0.5) is 11.4 Å². The molecule has 0 fully saturated rings. The van der Waals surface area contributed by atoms with Crippen molar-refractivity contribution in [3.05, 3.63) is 100 Å². The molecule has 1 N–H and O–H groups in total.